The molecule has 4 aromatic rings. The number of hydrogen-bond acceptors (Lipinski definition) is 4. The zero-order chi connectivity index (χ0) is 22.6. The van der Waals surface area contributed by atoms with Crippen LogP contribution in [0.5, 0.6) is 0 Å². The number of aromatic nitrogens is 5. The van der Waals surface area contributed by atoms with E-state index in [4.69, 9.17) is 4.98 Å². The van der Waals surface area contributed by atoms with Gasteiger partial charge in [-0.25, -0.2) is 4.98 Å². The number of imidazole rings is 1. The summed E-state index contributed by atoms with van der Waals surface area (Å²) < 4.78 is 0. The highest BCUT2D eigenvalue weighted by atomic mass is 16.2. The minimum atomic E-state index is -0.508. The number of carbonyl (C=O) groups excluding carboxylic acids is 1. The van der Waals surface area contributed by atoms with E-state index in [9.17, 15) is 4.79 Å². The second-order valence-electron chi connectivity index (χ2n) is 9.15. The summed E-state index contributed by atoms with van der Waals surface area (Å²) in [6.07, 6.45) is 5.04. The first-order valence-electron chi connectivity index (χ1n) is 11.1. The highest BCUT2D eigenvalue weighted by molar-refractivity contribution is 5.99. The number of amides is 1. The maximum Gasteiger partial charge on any atom is 0.256 e. The summed E-state index contributed by atoms with van der Waals surface area (Å²) in [6.45, 7) is 11.1. The van der Waals surface area contributed by atoms with E-state index < -0.39 is 5.54 Å². The zero-order valence-corrected chi connectivity index (χ0v) is 19.2. The first-order valence-corrected chi connectivity index (χ1v) is 11.1. The topological polar surface area (TPSA) is 79.7 Å². The van der Waals surface area contributed by atoms with E-state index in [1.807, 2.05) is 30.9 Å². The van der Waals surface area contributed by atoms with Gasteiger partial charge >= 0.3 is 0 Å². The molecule has 1 aliphatic heterocycles. The van der Waals surface area contributed by atoms with Crippen LogP contribution in [0.2, 0.25) is 0 Å². The Morgan fingerprint density at radius 2 is 1.62 bits per heavy atom. The molecule has 32 heavy (non-hydrogen) atoms. The van der Waals surface area contributed by atoms with Crippen molar-refractivity contribution in [2.24, 2.45) is 0 Å². The molecule has 0 saturated carbocycles. The molecule has 2 aromatic heterocycles. The van der Waals surface area contributed by atoms with E-state index in [0.717, 1.165) is 40.8 Å². The summed E-state index contributed by atoms with van der Waals surface area (Å²) in [5.74, 6) is 0.819. The van der Waals surface area contributed by atoms with E-state index in [0.29, 0.717) is 17.8 Å². The average Bonchev–Trinajstić information content (AvgIpc) is 3.50. The number of benzene rings is 2. The first kappa shape index (κ1) is 20.4. The number of nitrogens with zero attached hydrogens (tertiary/aromatic N) is 5. The standard InChI is InChI=1S/C25H28N6O/c1-15-11-19(22(14-18(15)4)31-26-8-9-27-31)23(32)30-10-6-7-25(30,5)24-28-20-12-16(2)17(3)13-21(20)29-24/h8-9,11-14H,6-7,10H2,1-5H3,(H,28,29). The third kappa shape index (κ3) is 3.11. The number of likely N-dealkylation sites (tertiary alicyclic amines) is 1. The van der Waals surface area contributed by atoms with Crippen LogP contribution in [0, 0.1) is 27.7 Å². The normalized spacial score (nSPS) is 18.6. The predicted molar refractivity (Wildman–Crippen MR) is 124 cm³/mol. The minimum absolute atomic E-state index is 0.0202. The summed E-state index contributed by atoms with van der Waals surface area (Å²) in [5, 5.41) is 8.57. The number of aromatic amines is 1. The van der Waals surface area contributed by atoms with Gasteiger partial charge in [0.25, 0.3) is 5.91 Å². The lowest BCUT2D eigenvalue weighted by molar-refractivity contribution is 0.0605. The molecule has 1 N–H and O–H groups in total. The van der Waals surface area contributed by atoms with Gasteiger partial charge in [-0.05, 0) is 94.0 Å². The van der Waals surface area contributed by atoms with Crippen molar-refractivity contribution in [1.29, 1.82) is 0 Å². The molecule has 164 valence electrons. The smallest absolute Gasteiger partial charge is 0.256 e. The fourth-order valence-electron chi connectivity index (χ4n) is 4.68. The summed E-state index contributed by atoms with van der Waals surface area (Å²) in [5.41, 5.74) is 7.36. The van der Waals surface area contributed by atoms with Crippen molar-refractivity contribution < 1.29 is 4.79 Å². The number of rotatable bonds is 3. The lowest BCUT2D eigenvalue weighted by Crippen LogP contribution is -2.44. The van der Waals surface area contributed by atoms with E-state index in [1.165, 1.54) is 15.9 Å². The van der Waals surface area contributed by atoms with Gasteiger partial charge in [-0.2, -0.15) is 15.0 Å². The largest absolute Gasteiger partial charge is 0.340 e. The molecule has 0 radical (unpaired) electrons. The maximum absolute atomic E-state index is 14.0. The van der Waals surface area contributed by atoms with Crippen molar-refractivity contribution in [2.45, 2.75) is 53.0 Å². The van der Waals surface area contributed by atoms with Gasteiger partial charge in [0.05, 0.1) is 40.2 Å². The average molecular weight is 429 g/mol. The molecule has 5 rings (SSSR count). The number of nitrogens with one attached hydrogen (secondary N) is 1. The van der Waals surface area contributed by atoms with Crippen LogP contribution in [0.4, 0.5) is 0 Å². The van der Waals surface area contributed by atoms with Crippen LogP contribution < -0.4 is 0 Å². The van der Waals surface area contributed by atoms with Crippen LogP contribution in [0.25, 0.3) is 16.7 Å². The van der Waals surface area contributed by atoms with Gasteiger partial charge in [0.2, 0.25) is 0 Å². The highest BCUT2D eigenvalue weighted by Crippen LogP contribution is 2.39. The predicted octanol–water partition coefficient (Wildman–Crippen LogP) is 4.53. The summed E-state index contributed by atoms with van der Waals surface area (Å²) in [4.78, 5) is 25.9. The Morgan fingerprint density at radius 3 is 2.38 bits per heavy atom. The SMILES string of the molecule is Cc1cc(C(=O)N2CCCC2(C)c2nc3cc(C)c(C)cc3[nH]2)c(-n2nccn2)cc1C. The fraction of sp³-hybridized carbons (Fsp3) is 0.360. The molecule has 1 atom stereocenters. The molecule has 1 saturated heterocycles. The quantitative estimate of drug-likeness (QED) is 0.520. The van der Waals surface area contributed by atoms with Crippen molar-refractivity contribution >= 4 is 16.9 Å². The number of carbonyl (C=O) groups is 1. The van der Waals surface area contributed by atoms with Crippen molar-refractivity contribution in [2.75, 3.05) is 6.54 Å². The Kier molecular flexibility index (Phi) is 4.65. The molecule has 1 fully saturated rings. The van der Waals surface area contributed by atoms with Crippen LogP contribution in [-0.2, 0) is 5.54 Å². The van der Waals surface area contributed by atoms with E-state index in [2.05, 4.69) is 48.1 Å². The zero-order valence-electron chi connectivity index (χ0n) is 19.2. The Balaban J connectivity index is 1.60. The lowest BCUT2D eigenvalue weighted by atomic mass is 9.96. The highest BCUT2D eigenvalue weighted by Gasteiger charge is 2.44. The van der Waals surface area contributed by atoms with Crippen LogP contribution >= 0.6 is 0 Å². The molecular weight excluding hydrogens is 400 g/mol. The van der Waals surface area contributed by atoms with Gasteiger partial charge in [-0.1, -0.05) is 0 Å². The number of hydrogen-bond donors (Lipinski definition) is 1. The summed E-state index contributed by atoms with van der Waals surface area (Å²) in [6, 6.07) is 8.19. The van der Waals surface area contributed by atoms with Crippen LogP contribution in [0.15, 0.2) is 36.7 Å². The molecule has 0 aliphatic carbocycles. The van der Waals surface area contributed by atoms with Gasteiger partial charge in [-0.3, -0.25) is 4.79 Å². The third-order valence-electron chi connectivity index (χ3n) is 6.97. The van der Waals surface area contributed by atoms with Crippen LogP contribution in [0.1, 0.15) is 58.2 Å². The lowest BCUT2D eigenvalue weighted by Gasteiger charge is -2.34. The van der Waals surface area contributed by atoms with Gasteiger partial charge in [0.15, 0.2) is 0 Å². The van der Waals surface area contributed by atoms with Gasteiger partial charge in [0, 0.05) is 6.54 Å². The molecule has 7 nitrogen and oxygen atoms in total. The van der Waals surface area contributed by atoms with Gasteiger partial charge < -0.3 is 9.88 Å². The van der Waals surface area contributed by atoms with E-state index in [1.54, 1.807) is 12.4 Å². The summed E-state index contributed by atoms with van der Waals surface area (Å²) >= 11 is 0. The van der Waals surface area contributed by atoms with Crippen molar-refractivity contribution in [3.8, 4) is 5.69 Å². The van der Waals surface area contributed by atoms with Crippen molar-refractivity contribution in [1.82, 2.24) is 29.9 Å². The summed E-state index contributed by atoms with van der Waals surface area (Å²) in [7, 11) is 0. The van der Waals surface area contributed by atoms with Crippen LogP contribution in [-0.4, -0.2) is 42.3 Å². The Morgan fingerprint density at radius 1 is 0.969 bits per heavy atom. The monoisotopic (exact) mass is 428 g/mol. The second-order valence-corrected chi connectivity index (χ2v) is 9.15. The van der Waals surface area contributed by atoms with Crippen molar-refractivity contribution in [3.05, 3.63) is 70.3 Å². The molecule has 3 heterocycles. The van der Waals surface area contributed by atoms with Gasteiger partial charge in [-0.15, -0.1) is 0 Å². The second kappa shape index (κ2) is 7.29. The van der Waals surface area contributed by atoms with E-state index >= 15 is 0 Å². The minimum Gasteiger partial charge on any atom is -0.340 e. The maximum atomic E-state index is 14.0. The Hall–Kier alpha value is -3.48. The molecule has 2 aromatic carbocycles. The fourth-order valence-corrected chi connectivity index (χ4v) is 4.68. The Labute approximate surface area is 187 Å². The Bertz CT molecular complexity index is 1300. The van der Waals surface area contributed by atoms with E-state index in [-0.39, 0.29) is 5.91 Å². The van der Waals surface area contributed by atoms with Gasteiger partial charge in [0.1, 0.15) is 5.82 Å². The third-order valence-corrected chi connectivity index (χ3v) is 6.97. The molecule has 1 unspecified atom stereocenters. The molecule has 1 amide bonds. The van der Waals surface area contributed by atoms with Crippen LogP contribution in [0.3, 0.4) is 0 Å². The molecule has 1 aliphatic rings. The number of fused-ring (bicyclic) bond motifs is 1. The van der Waals surface area contributed by atoms with Crippen molar-refractivity contribution in [3.63, 3.8) is 0 Å². The molecule has 7 heteroatoms. The number of H-pyrrole nitrogens is 1. The number of aryl methyl sites for hydroxylation is 4. The first-order chi connectivity index (χ1) is 15.3. The molecular formula is C25H28N6O. The molecule has 0 bridgehead atoms. The molecule has 0 spiro atoms.